The van der Waals surface area contributed by atoms with Crippen molar-refractivity contribution < 1.29 is 14.4 Å². The van der Waals surface area contributed by atoms with E-state index in [2.05, 4.69) is 10.5 Å². The van der Waals surface area contributed by atoms with Gasteiger partial charge in [-0.15, -0.1) is 11.8 Å². The first-order valence-corrected chi connectivity index (χ1v) is 8.22. The van der Waals surface area contributed by atoms with Crippen LogP contribution in [0.5, 0.6) is 0 Å². The van der Waals surface area contributed by atoms with Crippen LogP contribution in [0.1, 0.15) is 28.6 Å². The molecule has 0 fully saturated rings. The molecule has 2 rings (SSSR count). The minimum atomic E-state index is -0.367. The van der Waals surface area contributed by atoms with E-state index in [9.17, 15) is 9.90 Å². The van der Waals surface area contributed by atoms with Crippen LogP contribution in [-0.2, 0) is 10.5 Å². The molecule has 6 heteroatoms. The Bertz CT molecular complexity index is 594. The van der Waals surface area contributed by atoms with Crippen molar-refractivity contribution in [2.45, 2.75) is 25.6 Å². The zero-order valence-electron chi connectivity index (χ0n) is 12.7. The molecule has 0 bridgehead atoms. The molecule has 5 nitrogen and oxygen atoms in total. The number of aliphatic hydroxyl groups excluding tert-OH is 1. The van der Waals surface area contributed by atoms with E-state index in [1.807, 2.05) is 44.2 Å². The number of carbonyl (C=O) groups excluding carboxylic acids is 1. The van der Waals surface area contributed by atoms with Crippen LogP contribution in [0.2, 0.25) is 0 Å². The minimum Gasteiger partial charge on any atom is -0.394 e. The number of carbonyl (C=O) groups is 1. The Labute approximate surface area is 134 Å². The number of benzene rings is 1. The van der Waals surface area contributed by atoms with Crippen molar-refractivity contribution in [2.75, 3.05) is 12.4 Å². The van der Waals surface area contributed by atoms with Gasteiger partial charge in [-0.2, -0.15) is 0 Å². The number of nitrogens with zero attached hydrogens (tertiary/aromatic N) is 1. The number of hydrogen-bond donors (Lipinski definition) is 2. The van der Waals surface area contributed by atoms with Gasteiger partial charge in [-0.1, -0.05) is 35.5 Å². The molecule has 0 saturated carbocycles. The molecule has 1 atom stereocenters. The number of thioether (sulfide) groups is 1. The van der Waals surface area contributed by atoms with E-state index in [4.69, 9.17) is 4.52 Å². The lowest BCUT2D eigenvalue weighted by atomic mass is 10.1. The molecule has 0 aliphatic heterocycles. The van der Waals surface area contributed by atoms with E-state index in [0.717, 1.165) is 22.6 Å². The van der Waals surface area contributed by atoms with E-state index in [0.29, 0.717) is 11.5 Å². The van der Waals surface area contributed by atoms with Crippen LogP contribution in [-0.4, -0.2) is 28.5 Å². The number of aliphatic hydroxyl groups is 1. The van der Waals surface area contributed by atoms with Gasteiger partial charge in [-0.3, -0.25) is 4.79 Å². The first-order chi connectivity index (χ1) is 10.6. The lowest BCUT2D eigenvalue weighted by molar-refractivity contribution is -0.119. The summed E-state index contributed by atoms with van der Waals surface area (Å²) in [7, 11) is 0. The molecule has 0 aliphatic rings. The molecular formula is C16H20N2O3S. The highest BCUT2D eigenvalue weighted by atomic mass is 32.2. The van der Waals surface area contributed by atoms with Gasteiger partial charge in [0.05, 0.1) is 24.1 Å². The summed E-state index contributed by atoms with van der Waals surface area (Å²) in [6.07, 6.45) is 0. The highest BCUT2D eigenvalue weighted by Crippen LogP contribution is 2.19. The number of aryl methyl sites for hydroxylation is 2. The molecule has 1 aromatic carbocycles. The maximum Gasteiger partial charge on any atom is 0.230 e. The molecule has 1 aromatic heterocycles. The molecule has 0 unspecified atom stereocenters. The van der Waals surface area contributed by atoms with Crippen LogP contribution in [0.4, 0.5) is 0 Å². The Morgan fingerprint density at radius 2 is 2.09 bits per heavy atom. The standard InChI is InChI=1S/C16H20N2O3S/c1-11-14(12(2)21-18-11)9-22-10-16(20)17-15(8-19)13-6-4-3-5-7-13/h3-7,15,19H,8-10H2,1-2H3,(H,17,20)/t15-/m1/s1. The molecule has 1 heterocycles. The van der Waals surface area contributed by atoms with E-state index in [-0.39, 0.29) is 18.6 Å². The maximum absolute atomic E-state index is 12.0. The lowest BCUT2D eigenvalue weighted by Gasteiger charge is -2.16. The van der Waals surface area contributed by atoms with E-state index >= 15 is 0 Å². The number of amides is 1. The van der Waals surface area contributed by atoms with Crippen molar-refractivity contribution in [3.05, 3.63) is 52.9 Å². The first kappa shape index (κ1) is 16.6. The Morgan fingerprint density at radius 1 is 1.36 bits per heavy atom. The fourth-order valence-electron chi connectivity index (χ4n) is 2.11. The normalized spacial score (nSPS) is 12.1. The van der Waals surface area contributed by atoms with Gasteiger partial charge in [-0.25, -0.2) is 0 Å². The molecular weight excluding hydrogens is 300 g/mol. The summed E-state index contributed by atoms with van der Waals surface area (Å²) in [4.78, 5) is 12.0. The van der Waals surface area contributed by atoms with Crippen molar-refractivity contribution in [2.24, 2.45) is 0 Å². The molecule has 0 aliphatic carbocycles. The van der Waals surface area contributed by atoms with Gasteiger partial charge in [0, 0.05) is 11.3 Å². The molecule has 0 saturated heterocycles. The molecule has 22 heavy (non-hydrogen) atoms. The van der Waals surface area contributed by atoms with Crippen molar-refractivity contribution >= 4 is 17.7 Å². The lowest BCUT2D eigenvalue weighted by Crippen LogP contribution is -2.32. The molecule has 2 N–H and O–H groups in total. The van der Waals surface area contributed by atoms with Crippen LogP contribution in [0.25, 0.3) is 0 Å². The monoisotopic (exact) mass is 320 g/mol. The Kier molecular flexibility index (Phi) is 6.03. The SMILES string of the molecule is Cc1noc(C)c1CSCC(=O)N[C@H](CO)c1ccccc1. The second kappa shape index (κ2) is 8.00. The van der Waals surface area contributed by atoms with Crippen molar-refractivity contribution in [1.29, 1.82) is 0 Å². The summed E-state index contributed by atoms with van der Waals surface area (Å²) in [5.74, 6) is 1.71. The summed E-state index contributed by atoms with van der Waals surface area (Å²) >= 11 is 1.50. The second-order valence-corrected chi connectivity index (χ2v) is 5.99. The number of nitrogens with one attached hydrogen (secondary N) is 1. The highest BCUT2D eigenvalue weighted by molar-refractivity contribution is 7.99. The molecule has 1 amide bonds. The minimum absolute atomic E-state index is 0.0975. The van der Waals surface area contributed by atoms with Gasteiger partial charge in [0.2, 0.25) is 5.91 Å². The average Bonchev–Trinajstić information content (AvgIpc) is 2.85. The van der Waals surface area contributed by atoms with E-state index in [1.165, 1.54) is 11.8 Å². The van der Waals surface area contributed by atoms with Crippen LogP contribution in [0.3, 0.4) is 0 Å². The Balaban J connectivity index is 1.82. The quantitative estimate of drug-likeness (QED) is 0.819. The van der Waals surface area contributed by atoms with E-state index in [1.54, 1.807) is 0 Å². The smallest absolute Gasteiger partial charge is 0.230 e. The third-order valence-corrected chi connectivity index (χ3v) is 4.34. The molecule has 2 aromatic rings. The number of aromatic nitrogens is 1. The number of rotatable bonds is 7. The number of hydrogen-bond acceptors (Lipinski definition) is 5. The largest absolute Gasteiger partial charge is 0.394 e. The van der Waals surface area contributed by atoms with Crippen molar-refractivity contribution in [3.8, 4) is 0 Å². The van der Waals surface area contributed by atoms with Crippen molar-refractivity contribution in [1.82, 2.24) is 10.5 Å². The van der Waals surface area contributed by atoms with Crippen LogP contribution < -0.4 is 5.32 Å². The van der Waals surface area contributed by atoms with Gasteiger partial charge in [-0.05, 0) is 19.4 Å². The van der Waals surface area contributed by atoms with Gasteiger partial charge < -0.3 is 14.9 Å². The topological polar surface area (TPSA) is 75.4 Å². The van der Waals surface area contributed by atoms with Gasteiger partial charge in [0.25, 0.3) is 0 Å². The van der Waals surface area contributed by atoms with Gasteiger partial charge in [0.15, 0.2) is 0 Å². The van der Waals surface area contributed by atoms with Gasteiger partial charge in [0.1, 0.15) is 5.76 Å². The summed E-state index contributed by atoms with van der Waals surface area (Å²) in [5.41, 5.74) is 2.80. The Hall–Kier alpha value is -1.79. The second-order valence-electron chi connectivity index (χ2n) is 5.01. The summed E-state index contributed by atoms with van der Waals surface area (Å²) < 4.78 is 5.10. The third-order valence-electron chi connectivity index (χ3n) is 3.38. The highest BCUT2D eigenvalue weighted by Gasteiger charge is 2.14. The van der Waals surface area contributed by atoms with Crippen LogP contribution in [0, 0.1) is 13.8 Å². The maximum atomic E-state index is 12.0. The summed E-state index contributed by atoms with van der Waals surface area (Å²) in [5, 5.41) is 16.2. The summed E-state index contributed by atoms with van der Waals surface area (Å²) in [6.45, 7) is 3.64. The van der Waals surface area contributed by atoms with Crippen LogP contribution >= 0.6 is 11.8 Å². The first-order valence-electron chi connectivity index (χ1n) is 7.06. The fourth-order valence-corrected chi connectivity index (χ4v) is 3.10. The van der Waals surface area contributed by atoms with Crippen molar-refractivity contribution in [3.63, 3.8) is 0 Å². The third kappa shape index (κ3) is 4.35. The average molecular weight is 320 g/mol. The fraction of sp³-hybridized carbons (Fsp3) is 0.375. The Morgan fingerprint density at radius 3 is 2.68 bits per heavy atom. The van der Waals surface area contributed by atoms with Gasteiger partial charge >= 0.3 is 0 Å². The molecule has 118 valence electrons. The van der Waals surface area contributed by atoms with E-state index < -0.39 is 0 Å². The zero-order chi connectivity index (χ0) is 15.9. The molecule has 0 radical (unpaired) electrons. The predicted octanol–water partition coefficient (Wildman–Crippen LogP) is 2.37. The van der Waals surface area contributed by atoms with Crippen LogP contribution in [0.15, 0.2) is 34.9 Å². The zero-order valence-corrected chi connectivity index (χ0v) is 13.5. The summed E-state index contributed by atoms with van der Waals surface area (Å²) in [6, 6.07) is 9.08. The molecule has 0 spiro atoms. The predicted molar refractivity (Wildman–Crippen MR) is 86.6 cm³/mol.